The summed E-state index contributed by atoms with van der Waals surface area (Å²) in [6.07, 6.45) is 0. The smallest absolute Gasteiger partial charge is 0.270 e. The molecule has 0 saturated carbocycles. The zero-order chi connectivity index (χ0) is 17.3. The highest BCUT2D eigenvalue weighted by atomic mass is 35.5. The van der Waals surface area contributed by atoms with Gasteiger partial charge < -0.3 is 10.1 Å². The van der Waals surface area contributed by atoms with E-state index < -0.39 is 4.92 Å². The van der Waals surface area contributed by atoms with Gasteiger partial charge >= 0.3 is 0 Å². The Balaban J connectivity index is 1.91. The van der Waals surface area contributed by atoms with Crippen LogP contribution in [0, 0.1) is 10.1 Å². The Labute approximate surface area is 145 Å². The number of hydrogen-bond acceptors (Lipinski definition) is 5. The molecule has 0 fully saturated rings. The number of fused-ring (bicyclic) bond motifs is 1. The van der Waals surface area contributed by atoms with Crippen molar-refractivity contribution in [2.24, 2.45) is 0 Å². The molecule has 6 nitrogen and oxygen atoms in total. The maximum atomic E-state index is 12.4. The van der Waals surface area contributed by atoms with Gasteiger partial charge in [-0.1, -0.05) is 11.6 Å². The molecule has 0 aliphatic carbocycles. The summed E-state index contributed by atoms with van der Waals surface area (Å²) in [5.74, 6) is 0.156. The van der Waals surface area contributed by atoms with Crippen molar-refractivity contribution in [2.75, 3.05) is 12.4 Å². The van der Waals surface area contributed by atoms with Gasteiger partial charge in [-0.3, -0.25) is 14.9 Å². The largest absolute Gasteiger partial charge is 0.495 e. The minimum atomic E-state index is -0.465. The molecule has 0 unspecified atom stereocenters. The summed E-state index contributed by atoms with van der Waals surface area (Å²) in [5, 5.41) is 14.7. The zero-order valence-electron chi connectivity index (χ0n) is 12.4. The molecule has 0 radical (unpaired) electrons. The molecule has 0 aliphatic rings. The van der Waals surface area contributed by atoms with E-state index in [9.17, 15) is 14.9 Å². The number of anilines is 1. The van der Waals surface area contributed by atoms with Crippen molar-refractivity contribution in [1.29, 1.82) is 0 Å². The van der Waals surface area contributed by atoms with Crippen LogP contribution in [0.3, 0.4) is 0 Å². The summed E-state index contributed by atoms with van der Waals surface area (Å²) < 4.78 is 5.99. The molecule has 8 heteroatoms. The van der Waals surface area contributed by atoms with Gasteiger partial charge in [-0.15, -0.1) is 11.3 Å². The monoisotopic (exact) mass is 362 g/mol. The van der Waals surface area contributed by atoms with Crippen molar-refractivity contribution in [1.82, 2.24) is 0 Å². The number of thiophene rings is 1. The lowest BCUT2D eigenvalue weighted by Gasteiger charge is -2.09. The lowest BCUT2D eigenvalue weighted by molar-refractivity contribution is -0.384. The number of amides is 1. The second kappa shape index (κ2) is 6.46. The molecule has 122 valence electrons. The third-order valence-electron chi connectivity index (χ3n) is 3.34. The van der Waals surface area contributed by atoms with Crippen LogP contribution in [0.1, 0.15) is 9.67 Å². The van der Waals surface area contributed by atoms with E-state index >= 15 is 0 Å². The van der Waals surface area contributed by atoms with Gasteiger partial charge in [0.05, 0.1) is 22.6 Å². The normalized spacial score (nSPS) is 10.6. The minimum absolute atomic E-state index is 0.0104. The Morgan fingerprint density at radius 2 is 2.04 bits per heavy atom. The summed E-state index contributed by atoms with van der Waals surface area (Å²) in [6.45, 7) is 0. The highest BCUT2D eigenvalue weighted by Gasteiger charge is 2.15. The quantitative estimate of drug-likeness (QED) is 0.537. The van der Waals surface area contributed by atoms with E-state index in [-0.39, 0.29) is 11.6 Å². The molecule has 1 heterocycles. The Morgan fingerprint density at radius 1 is 1.25 bits per heavy atom. The van der Waals surface area contributed by atoms with Crippen molar-refractivity contribution < 1.29 is 14.5 Å². The third kappa shape index (κ3) is 3.17. The fourth-order valence-corrected chi connectivity index (χ4v) is 3.33. The predicted molar refractivity (Wildman–Crippen MR) is 94.4 cm³/mol. The lowest BCUT2D eigenvalue weighted by Crippen LogP contribution is -2.11. The molecule has 1 N–H and O–H groups in total. The number of nitro benzene ring substituents is 1. The summed E-state index contributed by atoms with van der Waals surface area (Å²) in [5.41, 5.74) is 0.446. The average molecular weight is 363 g/mol. The van der Waals surface area contributed by atoms with Gasteiger partial charge in [0.2, 0.25) is 0 Å². The molecule has 24 heavy (non-hydrogen) atoms. The Morgan fingerprint density at radius 3 is 2.75 bits per heavy atom. The number of ether oxygens (including phenoxy) is 1. The number of hydrogen-bond donors (Lipinski definition) is 1. The first-order chi connectivity index (χ1) is 11.5. The van der Waals surface area contributed by atoms with E-state index in [0.29, 0.717) is 26.7 Å². The predicted octanol–water partition coefficient (Wildman–Crippen LogP) is 4.72. The number of non-ortho nitro benzene ring substituents is 1. The summed E-state index contributed by atoms with van der Waals surface area (Å²) in [4.78, 5) is 23.3. The van der Waals surface area contributed by atoms with Gasteiger partial charge in [0.15, 0.2) is 0 Å². The molecule has 0 bridgehead atoms. The fourth-order valence-electron chi connectivity index (χ4n) is 2.22. The zero-order valence-corrected chi connectivity index (χ0v) is 14.0. The number of halogens is 1. The van der Waals surface area contributed by atoms with Gasteiger partial charge in [-0.25, -0.2) is 0 Å². The van der Waals surface area contributed by atoms with Crippen molar-refractivity contribution in [3.8, 4) is 5.75 Å². The van der Waals surface area contributed by atoms with Crippen LogP contribution in [-0.2, 0) is 0 Å². The van der Waals surface area contributed by atoms with Crippen LogP contribution in [0.15, 0.2) is 42.5 Å². The van der Waals surface area contributed by atoms with Gasteiger partial charge in [0.25, 0.3) is 11.6 Å². The van der Waals surface area contributed by atoms with Crippen LogP contribution in [0.2, 0.25) is 5.02 Å². The molecule has 0 saturated heterocycles. The Bertz CT molecular complexity index is 954. The van der Waals surface area contributed by atoms with E-state index in [0.717, 1.165) is 4.70 Å². The highest BCUT2D eigenvalue weighted by molar-refractivity contribution is 7.20. The van der Waals surface area contributed by atoms with Gasteiger partial charge in [0, 0.05) is 27.2 Å². The summed E-state index contributed by atoms with van der Waals surface area (Å²) in [6, 6.07) is 11.0. The Kier molecular flexibility index (Phi) is 4.37. The molecule has 0 atom stereocenters. The topological polar surface area (TPSA) is 81.5 Å². The number of nitrogens with one attached hydrogen (secondary N) is 1. The molecule has 0 spiro atoms. The number of nitrogens with zero attached hydrogens (tertiary/aromatic N) is 1. The fraction of sp³-hybridized carbons (Fsp3) is 0.0625. The van der Waals surface area contributed by atoms with Crippen LogP contribution in [-0.4, -0.2) is 17.9 Å². The van der Waals surface area contributed by atoms with Crippen LogP contribution >= 0.6 is 22.9 Å². The number of rotatable bonds is 4. The molecular formula is C16H11ClN2O4S. The van der Waals surface area contributed by atoms with E-state index in [4.69, 9.17) is 16.3 Å². The minimum Gasteiger partial charge on any atom is -0.495 e. The second-order valence-electron chi connectivity index (χ2n) is 4.89. The highest BCUT2D eigenvalue weighted by Crippen LogP contribution is 2.31. The van der Waals surface area contributed by atoms with Crippen molar-refractivity contribution >= 4 is 50.3 Å². The second-order valence-corrected chi connectivity index (χ2v) is 6.41. The molecule has 3 aromatic rings. The molecule has 1 aromatic heterocycles. The molecule has 1 amide bonds. The molecule has 3 rings (SSSR count). The van der Waals surface area contributed by atoms with Crippen LogP contribution < -0.4 is 10.1 Å². The van der Waals surface area contributed by atoms with E-state index in [1.807, 2.05) is 0 Å². The molecule has 2 aromatic carbocycles. The van der Waals surface area contributed by atoms with Crippen LogP contribution in [0.4, 0.5) is 11.4 Å². The van der Waals surface area contributed by atoms with Gasteiger partial charge in [0.1, 0.15) is 5.75 Å². The van der Waals surface area contributed by atoms with Crippen LogP contribution in [0.5, 0.6) is 5.75 Å². The van der Waals surface area contributed by atoms with Crippen molar-refractivity contribution in [3.05, 3.63) is 62.5 Å². The van der Waals surface area contributed by atoms with Crippen molar-refractivity contribution in [2.45, 2.75) is 0 Å². The third-order valence-corrected chi connectivity index (χ3v) is 4.69. The number of nitro groups is 1. The summed E-state index contributed by atoms with van der Waals surface area (Å²) >= 11 is 7.20. The molecule has 0 aliphatic heterocycles. The first kappa shape index (κ1) is 16.2. The van der Waals surface area contributed by atoms with Gasteiger partial charge in [-0.05, 0) is 30.3 Å². The van der Waals surface area contributed by atoms with E-state index in [1.165, 1.54) is 30.6 Å². The number of carbonyl (C=O) groups is 1. The lowest BCUT2D eigenvalue weighted by atomic mass is 10.2. The average Bonchev–Trinajstić information content (AvgIpc) is 2.98. The van der Waals surface area contributed by atoms with E-state index in [1.54, 1.807) is 30.3 Å². The first-order valence-corrected chi connectivity index (χ1v) is 8.00. The SMILES string of the molecule is COc1ccc(Cl)cc1NC(=O)c1cc2cc([N+](=O)[O-])ccc2s1. The first-order valence-electron chi connectivity index (χ1n) is 6.81. The maximum absolute atomic E-state index is 12.4. The standard InChI is InChI=1S/C16H11ClN2O4S/c1-23-13-4-2-10(17)8-12(13)18-16(20)15-7-9-6-11(19(21)22)3-5-14(9)24-15/h2-8H,1H3,(H,18,20). The number of benzene rings is 2. The number of carbonyl (C=O) groups excluding carboxylic acids is 1. The van der Waals surface area contributed by atoms with Crippen LogP contribution in [0.25, 0.3) is 10.1 Å². The molecular weight excluding hydrogens is 352 g/mol. The Hall–Kier alpha value is -2.64. The van der Waals surface area contributed by atoms with E-state index in [2.05, 4.69) is 5.32 Å². The van der Waals surface area contributed by atoms with Crippen molar-refractivity contribution in [3.63, 3.8) is 0 Å². The van der Waals surface area contributed by atoms with Gasteiger partial charge in [-0.2, -0.15) is 0 Å². The summed E-state index contributed by atoms with van der Waals surface area (Å²) in [7, 11) is 1.50. The maximum Gasteiger partial charge on any atom is 0.270 e. The number of methoxy groups -OCH3 is 1.